The van der Waals surface area contributed by atoms with Crippen molar-refractivity contribution in [3.8, 4) is 0 Å². The molecule has 0 saturated carbocycles. The van der Waals surface area contributed by atoms with E-state index in [1.807, 2.05) is 37.3 Å². The van der Waals surface area contributed by atoms with Crippen molar-refractivity contribution in [3.05, 3.63) is 47.2 Å². The smallest absolute Gasteiger partial charge is 0.338 e. The van der Waals surface area contributed by atoms with Crippen LogP contribution in [0.3, 0.4) is 0 Å². The number of esters is 1. The van der Waals surface area contributed by atoms with Crippen LogP contribution in [-0.2, 0) is 9.53 Å². The second kappa shape index (κ2) is 6.43. The van der Waals surface area contributed by atoms with E-state index < -0.39 is 6.04 Å². The number of benzene rings is 1. The molecule has 0 aromatic heterocycles. The second-order valence-electron chi connectivity index (χ2n) is 4.76. The molecular weight excluding hydrogens is 268 g/mol. The molecule has 5 nitrogen and oxygen atoms in total. The van der Waals surface area contributed by atoms with Gasteiger partial charge in [-0.05, 0) is 26.3 Å². The van der Waals surface area contributed by atoms with Gasteiger partial charge in [0.1, 0.15) is 0 Å². The van der Waals surface area contributed by atoms with Crippen LogP contribution in [0, 0.1) is 0 Å². The first-order valence-corrected chi connectivity index (χ1v) is 7.11. The van der Waals surface area contributed by atoms with Crippen LogP contribution in [0.4, 0.5) is 4.79 Å². The number of nitrogens with one attached hydrogen (secondary N) is 1. The summed E-state index contributed by atoms with van der Waals surface area (Å²) < 4.78 is 5.16. The lowest BCUT2D eigenvalue weighted by molar-refractivity contribution is -0.139. The Balaban J connectivity index is 2.50. The fraction of sp³-hybridized carbons (Fsp3) is 0.375. The molecule has 112 valence electrons. The molecule has 0 bridgehead atoms. The molecule has 1 aliphatic rings. The van der Waals surface area contributed by atoms with Crippen LogP contribution in [0.5, 0.6) is 0 Å². The lowest BCUT2D eigenvalue weighted by Crippen LogP contribution is -2.47. The lowest BCUT2D eigenvalue weighted by atomic mass is 9.95. The summed E-state index contributed by atoms with van der Waals surface area (Å²) in [5.74, 6) is -0.387. The minimum atomic E-state index is -0.472. The Morgan fingerprint density at radius 1 is 1.29 bits per heavy atom. The summed E-state index contributed by atoms with van der Waals surface area (Å²) >= 11 is 0. The Kier molecular flexibility index (Phi) is 4.62. The van der Waals surface area contributed by atoms with Crippen molar-refractivity contribution < 1.29 is 14.3 Å². The predicted molar refractivity (Wildman–Crippen MR) is 79.4 cm³/mol. The normalized spacial score (nSPS) is 18.5. The van der Waals surface area contributed by atoms with Crippen molar-refractivity contribution in [1.82, 2.24) is 10.2 Å². The fourth-order valence-electron chi connectivity index (χ4n) is 2.53. The molecule has 0 spiro atoms. The topological polar surface area (TPSA) is 58.6 Å². The maximum atomic E-state index is 12.3. The Labute approximate surface area is 124 Å². The van der Waals surface area contributed by atoms with E-state index >= 15 is 0 Å². The van der Waals surface area contributed by atoms with Gasteiger partial charge < -0.3 is 10.1 Å². The summed E-state index contributed by atoms with van der Waals surface area (Å²) in [4.78, 5) is 26.0. The molecule has 0 unspecified atom stereocenters. The van der Waals surface area contributed by atoms with Gasteiger partial charge in [-0.25, -0.2) is 9.59 Å². The number of carbonyl (C=O) groups excluding carboxylic acids is 2. The number of hydrogen-bond donors (Lipinski definition) is 1. The Morgan fingerprint density at radius 2 is 1.95 bits per heavy atom. The summed E-state index contributed by atoms with van der Waals surface area (Å²) in [6.07, 6.45) is 0. The number of carbonyl (C=O) groups is 2. The minimum Gasteiger partial charge on any atom is -0.463 e. The predicted octanol–water partition coefficient (Wildman–Crippen LogP) is 2.61. The monoisotopic (exact) mass is 288 g/mol. The molecule has 2 amide bonds. The number of hydrogen-bond acceptors (Lipinski definition) is 3. The fourth-order valence-corrected chi connectivity index (χ4v) is 2.53. The van der Waals surface area contributed by atoms with Crippen LogP contribution in [-0.4, -0.2) is 30.1 Å². The molecule has 1 N–H and O–H groups in total. The molecular formula is C16H20N2O3. The van der Waals surface area contributed by atoms with E-state index in [-0.39, 0.29) is 12.0 Å². The summed E-state index contributed by atoms with van der Waals surface area (Å²) in [7, 11) is 0. The zero-order valence-corrected chi connectivity index (χ0v) is 12.6. The third kappa shape index (κ3) is 2.91. The van der Waals surface area contributed by atoms with Crippen LogP contribution in [0.1, 0.15) is 32.4 Å². The molecule has 2 rings (SSSR count). The van der Waals surface area contributed by atoms with E-state index in [9.17, 15) is 9.59 Å². The van der Waals surface area contributed by atoms with Crippen LogP contribution in [0.15, 0.2) is 41.6 Å². The molecule has 1 aromatic rings. The number of nitrogens with zero attached hydrogens (tertiary/aromatic N) is 1. The number of amides is 2. The van der Waals surface area contributed by atoms with Crippen LogP contribution in [0.25, 0.3) is 0 Å². The third-order valence-electron chi connectivity index (χ3n) is 3.54. The molecule has 0 saturated heterocycles. The molecule has 21 heavy (non-hydrogen) atoms. The zero-order valence-electron chi connectivity index (χ0n) is 12.6. The Morgan fingerprint density at radius 3 is 2.52 bits per heavy atom. The van der Waals surface area contributed by atoms with Gasteiger partial charge in [-0.1, -0.05) is 30.3 Å². The number of ether oxygens (including phenoxy) is 1. The highest BCUT2D eigenvalue weighted by atomic mass is 16.5. The van der Waals surface area contributed by atoms with Crippen LogP contribution >= 0.6 is 0 Å². The summed E-state index contributed by atoms with van der Waals surface area (Å²) in [6.45, 7) is 6.22. The zero-order chi connectivity index (χ0) is 15.4. The Hall–Kier alpha value is -2.30. The Bertz CT molecular complexity index is 566. The number of urea groups is 1. The van der Waals surface area contributed by atoms with Gasteiger partial charge in [-0.3, -0.25) is 4.90 Å². The van der Waals surface area contributed by atoms with E-state index in [1.54, 1.807) is 18.7 Å². The average molecular weight is 288 g/mol. The number of allylic oxidation sites excluding steroid dienone is 1. The van der Waals surface area contributed by atoms with E-state index in [0.29, 0.717) is 24.4 Å². The van der Waals surface area contributed by atoms with Gasteiger partial charge in [0.05, 0.1) is 18.2 Å². The van der Waals surface area contributed by atoms with E-state index in [4.69, 9.17) is 4.74 Å². The molecule has 0 radical (unpaired) electrons. The maximum Gasteiger partial charge on any atom is 0.338 e. The first-order valence-electron chi connectivity index (χ1n) is 7.11. The maximum absolute atomic E-state index is 12.3. The van der Waals surface area contributed by atoms with Gasteiger partial charge in [0.15, 0.2) is 0 Å². The average Bonchev–Trinajstić information content (AvgIpc) is 2.48. The first kappa shape index (κ1) is 15.1. The second-order valence-corrected chi connectivity index (χ2v) is 4.76. The quantitative estimate of drug-likeness (QED) is 0.866. The molecule has 1 aliphatic heterocycles. The molecule has 1 aromatic carbocycles. The highest BCUT2D eigenvalue weighted by Crippen LogP contribution is 2.30. The van der Waals surface area contributed by atoms with Gasteiger partial charge in [0, 0.05) is 12.2 Å². The molecule has 5 heteroatoms. The van der Waals surface area contributed by atoms with Crippen molar-refractivity contribution in [3.63, 3.8) is 0 Å². The van der Waals surface area contributed by atoms with E-state index in [0.717, 1.165) is 5.56 Å². The standard InChI is InChI=1S/C16H20N2O3/c1-4-18-11(3)13(15(19)21-5-2)14(17-16(18)20)12-9-7-6-8-10-12/h6-10,14H,4-5H2,1-3H3,(H,17,20)/t14-/m0/s1. The largest absolute Gasteiger partial charge is 0.463 e. The molecule has 0 aliphatic carbocycles. The SMILES string of the molecule is CCOC(=O)C1=C(C)N(CC)C(=O)N[C@H]1c1ccccc1. The molecule has 1 heterocycles. The van der Waals surface area contributed by atoms with Gasteiger partial charge >= 0.3 is 12.0 Å². The highest BCUT2D eigenvalue weighted by molar-refractivity contribution is 5.95. The molecule has 0 fully saturated rings. The first-order chi connectivity index (χ1) is 10.1. The summed E-state index contributed by atoms with van der Waals surface area (Å²) in [6, 6.07) is 8.76. The van der Waals surface area contributed by atoms with Crippen molar-refractivity contribution in [2.45, 2.75) is 26.8 Å². The molecule has 1 atom stereocenters. The summed E-state index contributed by atoms with van der Waals surface area (Å²) in [5.41, 5.74) is 2.00. The highest BCUT2D eigenvalue weighted by Gasteiger charge is 2.35. The van der Waals surface area contributed by atoms with Crippen LogP contribution < -0.4 is 5.32 Å². The van der Waals surface area contributed by atoms with Crippen molar-refractivity contribution in [2.75, 3.05) is 13.2 Å². The van der Waals surface area contributed by atoms with Crippen molar-refractivity contribution in [2.24, 2.45) is 0 Å². The third-order valence-corrected chi connectivity index (χ3v) is 3.54. The van der Waals surface area contributed by atoms with Gasteiger partial charge in [0.2, 0.25) is 0 Å². The van der Waals surface area contributed by atoms with Crippen molar-refractivity contribution >= 4 is 12.0 Å². The lowest BCUT2D eigenvalue weighted by Gasteiger charge is -2.34. The van der Waals surface area contributed by atoms with E-state index in [2.05, 4.69) is 5.32 Å². The van der Waals surface area contributed by atoms with Crippen LogP contribution in [0.2, 0.25) is 0 Å². The minimum absolute atomic E-state index is 0.197. The van der Waals surface area contributed by atoms with Crippen molar-refractivity contribution in [1.29, 1.82) is 0 Å². The number of rotatable bonds is 4. The van der Waals surface area contributed by atoms with Gasteiger partial charge in [-0.2, -0.15) is 0 Å². The van der Waals surface area contributed by atoms with E-state index in [1.165, 1.54) is 0 Å². The van der Waals surface area contributed by atoms with Gasteiger partial charge in [0.25, 0.3) is 0 Å². The summed E-state index contributed by atoms with van der Waals surface area (Å²) in [5, 5.41) is 2.88. The van der Waals surface area contributed by atoms with Gasteiger partial charge in [-0.15, -0.1) is 0 Å².